The Balaban J connectivity index is 3.20. The van der Waals surface area contributed by atoms with E-state index < -0.39 is 23.3 Å². The molecule has 0 spiro atoms. The first-order valence-corrected chi connectivity index (χ1v) is 6.86. The molecule has 1 aromatic carbocycles. The van der Waals surface area contributed by atoms with Crippen molar-refractivity contribution in [1.82, 2.24) is 0 Å². The van der Waals surface area contributed by atoms with Crippen LogP contribution >= 0.6 is 15.9 Å². The molecule has 0 fully saturated rings. The normalized spacial score (nSPS) is 11.2. The Morgan fingerprint density at radius 1 is 1.30 bits per heavy atom. The van der Waals surface area contributed by atoms with Crippen LogP contribution < -0.4 is 0 Å². The highest BCUT2D eigenvalue weighted by atomic mass is 79.9. The van der Waals surface area contributed by atoms with Crippen molar-refractivity contribution in [2.24, 2.45) is 0 Å². The molecule has 0 saturated heterocycles. The molecule has 0 atom stereocenters. The predicted octanol–water partition coefficient (Wildman–Crippen LogP) is 3.39. The molecule has 0 aliphatic heterocycles. The number of ketones is 1. The van der Waals surface area contributed by atoms with Crippen LogP contribution in [0, 0.1) is 0 Å². The molecule has 0 amide bonds. The number of rotatable bonds is 5. The molecule has 7 heteroatoms. The highest BCUT2D eigenvalue weighted by Gasteiger charge is 2.36. The van der Waals surface area contributed by atoms with Gasteiger partial charge in [-0.25, -0.2) is 4.79 Å². The number of Topliss-reactive ketones (excluding diaryl/α,β-unsaturated/α-hetero) is 1. The van der Waals surface area contributed by atoms with E-state index >= 15 is 0 Å². The van der Waals surface area contributed by atoms with Gasteiger partial charge in [0.25, 0.3) is 0 Å². The van der Waals surface area contributed by atoms with Gasteiger partial charge in [-0.1, -0.05) is 22.0 Å². The number of carbonyl (C=O) groups is 2. The number of halogens is 4. The van der Waals surface area contributed by atoms with E-state index in [4.69, 9.17) is 0 Å². The first-order chi connectivity index (χ1) is 9.29. The van der Waals surface area contributed by atoms with Gasteiger partial charge >= 0.3 is 12.1 Å². The number of ether oxygens (including phenoxy) is 1. The van der Waals surface area contributed by atoms with Crippen LogP contribution in [-0.4, -0.2) is 23.7 Å². The van der Waals surface area contributed by atoms with Crippen molar-refractivity contribution < 1.29 is 27.5 Å². The Morgan fingerprint density at radius 2 is 1.95 bits per heavy atom. The monoisotopic (exact) mass is 352 g/mol. The maximum absolute atomic E-state index is 12.9. The number of carbonyl (C=O) groups excluding carboxylic acids is 2. The third-order valence-electron chi connectivity index (χ3n) is 2.44. The molecule has 0 aliphatic carbocycles. The minimum atomic E-state index is -4.68. The zero-order valence-corrected chi connectivity index (χ0v) is 12.2. The van der Waals surface area contributed by atoms with Gasteiger partial charge in [0.05, 0.1) is 23.1 Å². The summed E-state index contributed by atoms with van der Waals surface area (Å²) in [7, 11) is 0. The molecule has 0 aromatic heterocycles. The minimum Gasteiger partial charge on any atom is -0.462 e. The zero-order valence-electron chi connectivity index (χ0n) is 10.6. The Hall–Kier alpha value is -1.37. The number of benzene rings is 1. The van der Waals surface area contributed by atoms with E-state index in [1.54, 1.807) is 0 Å². The molecule has 0 N–H and O–H groups in total. The maximum atomic E-state index is 12.9. The summed E-state index contributed by atoms with van der Waals surface area (Å²) < 4.78 is 43.4. The van der Waals surface area contributed by atoms with E-state index in [0.717, 1.165) is 12.1 Å². The van der Waals surface area contributed by atoms with Crippen LogP contribution in [0.3, 0.4) is 0 Å². The summed E-state index contributed by atoms with van der Waals surface area (Å²) >= 11 is 2.94. The highest BCUT2D eigenvalue weighted by molar-refractivity contribution is 9.09. The first-order valence-electron chi connectivity index (χ1n) is 5.74. The Kier molecular flexibility index (Phi) is 5.74. The molecule has 0 bridgehead atoms. The lowest BCUT2D eigenvalue weighted by atomic mass is 10.0. The smallest absolute Gasteiger partial charge is 0.417 e. The number of esters is 1. The lowest BCUT2D eigenvalue weighted by Gasteiger charge is -2.13. The fourth-order valence-electron chi connectivity index (χ4n) is 1.60. The van der Waals surface area contributed by atoms with Gasteiger partial charge in [0.1, 0.15) is 5.78 Å². The van der Waals surface area contributed by atoms with Crippen LogP contribution in [0.1, 0.15) is 28.4 Å². The molecule has 0 radical (unpaired) electrons. The summed E-state index contributed by atoms with van der Waals surface area (Å²) in [6.07, 6.45) is -4.81. The van der Waals surface area contributed by atoms with E-state index in [-0.39, 0.29) is 29.7 Å². The minimum absolute atomic E-state index is 0.0139. The lowest BCUT2D eigenvalue weighted by Crippen LogP contribution is -2.16. The standard InChI is InChI=1S/C13H12BrF3O3/c1-2-20-12(19)10-4-3-8(5-9(18)7-14)6-11(10)13(15,16)17/h3-4,6H,2,5,7H2,1H3. The highest BCUT2D eigenvalue weighted by Crippen LogP contribution is 2.33. The summed E-state index contributed by atoms with van der Waals surface area (Å²) in [5.41, 5.74) is -1.43. The molecule has 0 aliphatic rings. The van der Waals surface area contributed by atoms with Gasteiger partial charge < -0.3 is 4.74 Å². The third kappa shape index (κ3) is 4.33. The number of alkyl halides is 4. The van der Waals surface area contributed by atoms with Gasteiger partial charge in [0.15, 0.2) is 0 Å². The maximum Gasteiger partial charge on any atom is 0.417 e. The first kappa shape index (κ1) is 16.7. The summed E-state index contributed by atoms with van der Waals surface area (Å²) in [5, 5.41) is 0.0635. The Labute approximate surface area is 122 Å². The van der Waals surface area contributed by atoms with Crippen molar-refractivity contribution in [3.63, 3.8) is 0 Å². The largest absolute Gasteiger partial charge is 0.462 e. The quantitative estimate of drug-likeness (QED) is 0.602. The molecule has 0 heterocycles. The van der Waals surface area contributed by atoms with Gasteiger partial charge in [-0.3, -0.25) is 4.79 Å². The van der Waals surface area contributed by atoms with Crippen LogP contribution in [0.2, 0.25) is 0 Å². The van der Waals surface area contributed by atoms with E-state index in [0.29, 0.717) is 0 Å². The van der Waals surface area contributed by atoms with Gasteiger partial charge in [-0.15, -0.1) is 0 Å². The average molecular weight is 353 g/mol. The molecule has 20 heavy (non-hydrogen) atoms. The van der Waals surface area contributed by atoms with E-state index in [1.165, 1.54) is 13.0 Å². The third-order valence-corrected chi connectivity index (χ3v) is 3.06. The molecule has 1 aromatic rings. The van der Waals surface area contributed by atoms with Crippen LogP contribution in [-0.2, 0) is 22.1 Å². The second-order valence-electron chi connectivity index (χ2n) is 3.95. The second-order valence-corrected chi connectivity index (χ2v) is 4.51. The number of hydrogen-bond acceptors (Lipinski definition) is 3. The van der Waals surface area contributed by atoms with Crippen LogP contribution in [0.5, 0.6) is 0 Å². The van der Waals surface area contributed by atoms with E-state index in [1.807, 2.05) is 0 Å². The van der Waals surface area contributed by atoms with Crippen LogP contribution in [0.4, 0.5) is 13.2 Å². The van der Waals surface area contributed by atoms with Crippen LogP contribution in [0.25, 0.3) is 0 Å². The molecule has 110 valence electrons. The molecule has 0 saturated carbocycles. The summed E-state index contributed by atoms with van der Waals surface area (Å²) in [5.74, 6) is -1.28. The summed E-state index contributed by atoms with van der Waals surface area (Å²) in [6.45, 7) is 1.49. The molecular weight excluding hydrogens is 341 g/mol. The second kappa shape index (κ2) is 6.88. The zero-order chi connectivity index (χ0) is 15.3. The Bertz CT molecular complexity index is 512. The fraction of sp³-hybridized carbons (Fsp3) is 0.385. The molecule has 1 rings (SSSR count). The van der Waals surface area contributed by atoms with Crippen molar-refractivity contribution in [2.75, 3.05) is 11.9 Å². The predicted molar refractivity (Wildman–Crippen MR) is 69.9 cm³/mol. The van der Waals surface area contributed by atoms with E-state index in [9.17, 15) is 22.8 Å². The average Bonchev–Trinajstić information content (AvgIpc) is 2.37. The van der Waals surface area contributed by atoms with Crippen molar-refractivity contribution in [3.8, 4) is 0 Å². The molecule has 3 nitrogen and oxygen atoms in total. The molecular formula is C13H12BrF3O3. The van der Waals surface area contributed by atoms with E-state index in [2.05, 4.69) is 20.7 Å². The van der Waals surface area contributed by atoms with Gasteiger partial charge in [0.2, 0.25) is 0 Å². The van der Waals surface area contributed by atoms with Crippen molar-refractivity contribution in [1.29, 1.82) is 0 Å². The van der Waals surface area contributed by atoms with Crippen molar-refractivity contribution in [2.45, 2.75) is 19.5 Å². The number of hydrogen-bond donors (Lipinski definition) is 0. The summed E-state index contributed by atoms with van der Waals surface area (Å²) in [4.78, 5) is 22.7. The van der Waals surface area contributed by atoms with Crippen LogP contribution in [0.15, 0.2) is 18.2 Å². The topological polar surface area (TPSA) is 43.4 Å². The lowest BCUT2D eigenvalue weighted by molar-refractivity contribution is -0.138. The summed E-state index contributed by atoms with van der Waals surface area (Å²) in [6, 6.07) is 3.17. The molecule has 0 unspecified atom stereocenters. The SMILES string of the molecule is CCOC(=O)c1ccc(CC(=O)CBr)cc1C(F)(F)F. The van der Waals surface area contributed by atoms with Gasteiger partial charge in [0, 0.05) is 6.42 Å². The fourth-order valence-corrected chi connectivity index (χ4v) is 1.80. The Morgan fingerprint density at radius 3 is 2.45 bits per heavy atom. The van der Waals surface area contributed by atoms with Gasteiger partial charge in [-0.05, 0) is 24.6 Å². The van der Waals surface area contributed by atoms with Crippen molar-refractivity contribution in [3.05, 3.63) is 34.9 Å². The van der Waals surface area contributed by atoms with Crippen molar-refractivity contribution >= 4 is 27.7 Å². The van der Waals surface area contributed by atoms with Gasteiger partial charge in [-0.2, -0.15) is 13.2 Å².